The number of sulfonamides is 1. The molecule has 51 heavy (non-hydrogen) atoms. The van der Waals surface area contributed by atoms with E-state index in [-0.39, 0.29) is 40.7 Å². The van der Waals surface area contributed by atoms with Gasteiger partial charge in [0.2, 0.25) is 10.0 Å². The summed E-state index contributed by atoms with van der Waals surface area (Å²) in [5.41, 5.74) is 4.64. The van der Waals surface area contributed by atoms with Crippen molar-refractivity contribution in [3.63, 3.8) is 0 Å². The lowest BCUT2D eigenvalue weighted by Crippen LogP contribution is -2.36. The highest BCUT2D eigenvalue weighted by Gasteiger charge is 2.28. The van der Waals surface area contributed by atoms with Gasteiger partial charge in [-0.15, -0.1) is 0 Å². The zero-order chi connectivity index (χ0) is 36.3. The van der Waals surface area contributed by atoms with Gasteiger partial charge in [-0.05, 0) is 72.0 Å². The molecule has 0 spiro atoms. The summed E-state index contributed by atoms with van der Waals surface area (Å²) in [7, 11) is -4.00. The van der Waals surface area contributed by atoms with Crippen molar-refractivity contribution in [2.45, 2.75) is 26.2 Å². The smallest absolute Gasteiger partial charge is 0.253 e. The first-order valence-electron chi connectivity index (χ1n) is 16.5. The number of ketones is 1. The highest BCUT2D eigenvalue weighted by Crippen LogP contribution is 2.42. The number of piperidine rings is 1. The van der Waals surface area contributed by atoms with Crippen molar-refractivity contribution in [3.8, 4) is 28.5 Å². The molecule has 0 saturated carbocycles. The summed E-state index contributed by atoms with van der Waals surface area (Å²) in [6, 6.07) is 27.1. The Bertz CT molecular complexity index is 2300. The lowest BCUT2D eigenvalue weighted by molar-refractivity contribution is 0.0743. The van der Waals surface area contributed by atoms with E-state index in [0.717, 1.165) is 21.7 Å². The number of allylic oxidation sites excluding steroid dienone is 1. The number of rotatable bonds is 10. The van der Waals surface area contributed by atoms with Crippen molar-refractivity contribution in [3.05, 3.63) is 119 Å². The van der Waals surface area contributed by atoms with E-state index in [1.54, 1.807) is 42.2 Å². The molecule has 0 atom stereocenters. The molecular formula is C40H35F2N3O5S. The number of carbonyl (C=O) groups is 2. The Morgan fingerprint density at radius 2 is 1.61 bits per heavy atom. The lowest BCUT2D eigenvalue weighted by Gasteiger charge is -2.29. The third-order valence-corrected chi connectivity index (χ3v) is 10.3. The van der Waals surface area contributed by atoms with Crippen LogP contribution in [0.4, 0.5) is 14.5 Å². The Kier molecular flexibility index (Phi) is 10.2. The zero-order valence-electron chi connectivity index (χ0n) is 28.2. The van der Waals surface area contributed by atoms with E-state index in [1.165, 1.54) is 30.3 Å². The van der Waals surface area contributed by atoms with Crippen LogP contribution in [0.3, 0.4) is 0 Å². The molecule has 0 aliphatic carbocycles. The predicted molar refractivity (Wildman–Crippen MR) is 194 cm³/mol. The molecule has 0 unspecified atom stereocenters. The van der Waals surface area contributed by atoms with Gasteiger partial charge in [0.15, 0.2) is 5.78 Å². The van der Waals surface area contributed by atoms with Crippen LogP contribution in [0, 0.1) is 17.1 Å². The van der Waals surface area contributed by atoms with E-state index < -0.39 is 29.1 Å². The second-order valence-electron chi connectivity index (χ2n) is 12.3. The van der Waals surface area contributed by atoms with Crippen LogP contribution in [0.5, 0.6) is 0 Å². The van der Waals surface area contributed by atoms with E-state index in [2.05, 4.69) is 6.07 Å². The van der Waals surface area contributed by atoms with E-state index in [4.69, 9.17) is 4.42 Å². The summed E-state index contributed by atoms with van der Waals surface area (Å²) >= 11 is 0. The molecule has 6 rings (SSSR count). The maximum atomic E-state index is 13.9. The van der Waals surface area contributed by atoms with Gasteiger partial charge in [0.25, 0.3) is 5.91 Å². The molecule has 1 aromatic heterocycles. The summed E-state index contributed by atoms with van der Waals surface area (Å²) in [5.74, 6) is -0.743. The molecule has 8 nitrogen and oxygen atoms in total. The number of amides is 1. The molecule has 1 saturated heterocycles. The molecule has 260 valence electrons. The Balaban J connectivity index is 1.43. The number of alkyl halides is 1. The maximum Gasteiger partial charge on any atom is 0.253 e. The van der Waals surface area contributed by atoms with Crippen LogP contribution in [-0.2, 0) is 10.0 Å². The van der Waals surface area contributed by atoms with Crippen LogP contribution in [-0.4, -0.2) is 57.6 Å². The van der Waals surface area contributed by atoms with Crippen molar-refractivity contribution < 1.29 is 31.2 Å². The monoisotopic (exact) mass is 707 g/mol. The van der Waals surface area contributed by atoms with Crippen molar-refractivity contribution in [1.29, 1.82) is 5.26 Å². The number of furan rings is 1. The van der Waals surface area contributed by atoms with Gasteiger partial charge in [-0.3, -0.25) is 13.9 Å². The predicted octanol–water partition coefficient (Wildman–Crippen LogP) is 8.45. The van der Waals surface area contributed by atoms with E-state index in [9.17, 15) is 32.0 Å². The highest BCUT2D eigenvalue weighted by molar-refractivity contribution is 7.92. The van der Waals surface area contributed by atoms with Gasteiger partial charge in [-0.2, -0.15) is 5.26 Å². The normalized spacial score (nSPS) is 13.2. The number of benzene rings is 4. The number of likely N-dealkylation sites (tertiary alicyclic amines) is 1. The van der Waals surface area contributed by atoms with Crippen molar-refractivity contribution in [2.24, 2.45) is 0 Å². The molecule has 0 radical (unpaired) electrons. The van der Waals surface area contributed by atoms with E-state index >= 15 is 0 Å². The number of Topliss-reactive ketones (excluding diaryl/α,β-unsaturated/α-hetero) is 1. The van der Waals surface area contributed by atoms with Crippen LogP contribution in [0.15, 0.2) is 101 Å². The number of hydrogen-bond acceptors (Lipinski definition) is 6. The summed E-state index contributed by atoms with van der Waals surface area (Å²) < 4.78 is 60.9. The highest BCUT2D eigenvalue weighted by atomic mass is 32.2. The van der Waals surface area contributed by atoms with E-state index in [0.29, 0.717) is 59.1 Å². The molecule has 5 aromatic rings. The van der Waals surface area contributed by atoms with Crippen LogP contribution in [0.1, 0.15) is 52.5 Å². The first-order chi connectivity index (χ1) is 24.5. The van der Waals surface area contributed by atoms with Gasteiger partial charge in [0, 0.05) is 47.7 Å². The number of halogens is 2. The standard InChI is InChI=1S/C40H35F2N3O5S/c1-3-36(46)38-33-23-32(35(45(21-18-41)51(2,48)49)24-37(33)50-39(38)28-12-14-31(42)15-13-28)29-10-7-11-30(22-29)40(47)44-19-16-27(17-20-44)34(25-43)26-8-5-4-6-9-26/h4-15,22-24H,3,16-21H2,1-2H3. The van der Waals surface area contributed by atoms with Gasteiger partial charge in [-0.1, -0.05) is 49.4 Å². The fraction of sp³-hybridized carbons (Fsp3) is 0.225. The Morgan fingerprint density at radius 1 is 0.922 bits per heavy atom. The molecule has 1 fully saturated rings. The summed E-state index contributed by atoms with van der Waals surface area (Å²) in [6.07, 6.45) is 2.20. The summed E-state index contributed by atoms with van der Waals surface area (Å²) in [5, 5.41) is 10.3. The molecule has 0 N–H and O–H groups in total. The lowest BCUT2D eigenvalue weighted by atomic mass is 9.93. The summed E-state index contributed by atoms with van der Waals surface area (Å²) in [6.45, 7) is 1.09. The number of nitrogens with zero attached hydrogens (tertiary/aromatic N) is 3. The maximum absolute atomic E-state index is 13.9. The fourth-order valence-electron chi connectivity index (χ4n) is 6.55. The summed E-state index contributed by atoms with van der Waals surface area (Å²) in [4.78, 5) is 29.0. The van der Waals surface area contributed by atoms with E-state index in [1.807, 2.05) is 30.3 Å². The van der Waals surface area contributed by atoms with Crippen LogP contribution >= 0.6 is 0 Å². The minimum Gasteiger partial charge on any atom is -0.455 e. The molecule has 1 amide bonds. The van der Waals surface area contributed by atoms with Gasteiger partial charge in [0.05, 0.1) is 35.7 Å². The Labute approximate surface area is 295 Å². The van der Waals surface area contributed by atoms with Crippen molar-refractivity contribution >= 4 is 43.9 Å². The van der Waals surface area contributed by atoms with Gasteiger partial charge in [0.1, 0.15) is 23.8 Å². The first kappa shape index (κ1) is 35.2. The second kappa shape index (κ2) is 14.7. The second-order valence-corrected chi connectivity index (χ2v) is 14.2. The van der Waals surface area contributed by atoms with Crippen molar-refractivity contribution in [2.75, 3.05) is 36.9 Å². The number of nitriles is 1. The fourth-order valence-corrected chi connectivity index (χ4v) is 7.46. The molecular weight excluding hydrogens is 673 g/mol. The third-order valence-electron chi connectivity index (χ3n) is 9.07. The Morgan fingerprint density at radius 3 is 2.24 bits per heavy atom. The quantitative estimate of drug-likeness (QED) is 0.106. The number of anilines is 1. The molecule has 0 bridgehead atoms. The molecule has 1 aliphatic heterocycles. The Hall–Kier alpha value is -5.60. The zero-order valence-corrected chi connectivity index (χ0v) is 29.0. The van der Waals surface area contributed by atoms with Crippen LogP contribution < -0.4 is 4.31 Å². The van der Waals surface area contributed by atoms with Crippen molar-refractivity contribution in [1.82, 2.24) is 4.90 Å². The number of fused-ring (bicyclic) bond motifs is 1. The van der Waals surface area contributed by atoms with Crippen LogP contribution in [0.25, 0.3) is 39.0 Å². The SMILES string of the molecule is CCC(=O)c1c(-c2ccc(F)cc2)oc2cc(N(CCF)S(C)(=O)=O)c(-c3cccc(C(=O)N4CCC(=C(C#N)c5ccccc5)CC4)c3)cc12. The van der Waals surface area contributed by atoms with Crippen LogP contribution in [0.2, 0.25) is 0 Å². The molecule has 1 aliphatic rings. The van der Waals surface area contributed by atoms with Gasteiger partial charge < -0.3 is 9.32 Å². The number of hydrogen-bond donors (Lipinski definition) is 0. The molecule has 11 heteroatoms. The third kappa shape index (κ3) is 7.19. The first-order valence-corrected chi connectivity index (χ1v) is 18.4. The van der Waals surface area contributed by atoms with Gasteiger partial charge >= 0.3 is 0 Å². The minimum absolute atomic E-state index is 0.111. The average Bonchev–Trinajstić information content (AvgIpc) is 3.52. The minimum atomic E-state index is -4.00. The molecule has 2 heterocycles. The number of carbonyl (C=O) groups excluding carboxylic acids is 2. The topological polar surface area (TPSA) is 112 Å². The van der Waals surface area contributed by atoms with Gasteiger partial charge in [-0.25, -0.2) is 17.2 Å². The largest absolute Gasteiger partial charge is 0.455 e. The molecule has 4 aromatic carbocycles. The average molecular weight is 708 g/mol.